The van der Waals surface area contributed by atoms with Crippen LogP contribution in [0.2, 0.25) is 0 Å². The van der Waals surface area contributed by atoms with E-state index in [9.17, 15) is 8.42 Å². The predicted octanol–water partition coefficient (Wildman–Crippen LogP) is 3.87. The molecule has 0 spiro atoms. The Morgan fingerprint density at radius 2 is 2.07 bits per heavy atom. The van der Waals surface area contributed by atoms with Crippen LogP contribution in [0.15, 0.2) is 60.2 Å². The zero-order chi connectivity index (χ0) is 20.4. The van der Waals surface area contributed by atoms with Gasteiger partial charge in [0.1, 0.15) is 18.5 Å². The molecule has 1 aromatic carbocycles. The number of aromatic nitrogens is 3. The maximum absolute atomic E-state index is 11.1. The van der Waals surface area contributed by atoms with E-state index in [0.717, 1.165) is 33.6 Å². The van der Waals surface area contributed by atoms with E-state index in [0.29, 0.717) is 5.75 Å². The topological polar surface area (TPSA) is 82.8 Å². The maximum atomic E-state index is 11.1. The van der Waals surface area contributed by atoms with Crippen molar-refractivity contribution >= 4 is 27.1 Å². The van der Waals surface area contributed by atoms with Crippen molar-refractivity contribution < 1.29 is 17.3 Å². The second-order valence-corrected chi connectivity index (χ2v) is 9.15. The number of ether oxygens (including phenoxy) is 1. The SMILES string of the molecule is CC(COS(C)(=O)=O)Oc1cccc(-c2ccn3ncc(-c4cccs4)c3n2)c1. The molecule has 4 rings (SSSR count). The summed E-state index contributed by atoms with van der Waals surface area (Å²) in [6, 6.07) is 13.5. The van der Waals surface area contributed by atoms with Crippen molar-refractivity contribution in [3.63, 3.8) is 0 Å². The molecule has 150 valence electrons. The van der Waals surface area contributed by atoms with Gasteiger partial charge in [-0.05, 0) is 36.6 Å². The fraction of sp³-hybridized carbons (Fsp3) is 0.200. The van der Waals surface area contributed by atoms with E-state index < -0.39 is 16.2 Å². The van der Waals surface area contributed by atoms with Crippen molar-refractivity contribution in [3.8, 4) is 27.4 Å². The second-order valence-electron chi connectivity index (χ2n) is 6.56. The Hall–Kier alpha value is -2.75. The Kier molecular flexibility index (Phi) is 5.35. The van der Waals surface area contributed by atoms with E-state index in [4.69, 9.17) is 13.9 Å². The van der Waals surface area contributed by atoms with Crippen LogP contribution in [0.25, 0.3) is 27.3 Å². The molecule has 3 aromatic heterocycles. The summed E-state index contributed by atoms with van der Waals surface area (Å²) in [7, 11) is -3.50. The summed E-state index contributed by atoms with van der Waals surface area (Å²) >= 11 is 1.64. The van der Waals surface area contributed by atoms with Crippen molar-refractivity contribution in [2.45, 2.75) is 13.0 Å². The molecule has 7 nitrogen and oxygen atoms in total. The summed E-state index contributed by atoms with van der Waals surface area (Å²) in [6.45, 7) is 1.70. The van der Waals surface area contributed by atoms with Gasteiger partial charge in [0.05, 0.1) is 23.7 Å². The second kappa shape index (κ2) is 7.94. The normalized spacial score (nSPS) is 12.9. The number of hydrogen-bond donors (Lipinski definition) is 0. The zero-order valence-corrected chi connectivity index (χ0v) is 17.5. The van der Waals surface area contributed by atoms with E-state index in [1.54, 1.807) is 22.8 Å². The highest BCUT2D eigenvalue weighted by Crippen LogP contribution is 2.29. The monoisotopic (exact) mass is 429 g/mol. The first kappa shape index (κ1) is 19.6. The minimum atomic E-state index is -3.50. The van der Waals surface area contributed by atoms with Gasteiger partial charge in [0.25, 0.3) is 10.1 Å². The first-order chi connectivity index (χ1) is 13.9. The van der Waals surface area contributed by atoms with E-state index in [-0.39, 0.29) is 6.61 Å². The molecule has 9 heteroatoms. The summed E-state index contributed by atoms with van der Waals surface area (Å²) in [5.41, 5.74) is 3.45. The van der Waals surface area contributed by atoms with Crippen LogP contribution in [-0.2, 0) is 14.3 Å². The van der Waals surface area contributed by atoms with Crippen LogP contribution in [0.1, 0.15) is 6.92 Å². The Balaban J connectivity index is 1.59. The van der Waals surface area contributed by atoms with Gasteiger partial charge in [-0.15, -0.1) is 11.3 Å². The highest BCUT2D eigenvalue weighted by Gasteiger charge is 2.12. The van der Waals surface area contributed by atoms with Crippen molar-refractivity contribution in [3.05, 3.63) is 60.2 Å². The minimum Gasteiger partial charge on any atom is -0.488 e. The van der Waals surface area contributed by atoms with Gasteiger partial charge in [-0.1, -0.05) is 18.2 Å². The van der Waals surface area contributed by atoms with Gasteiger partial charge in [0.15, 0.2) is 5.65 Å². The maximum Gasteiger partial charge on any atom is 0.264 e. The van der Waals surface area contributed by atoms with Crippen LogP contribution in [0.4, 0.5) is 0 Å². The number of nitrogens with zero attached hydrogens (tertiary/aromatic N) is 3. The molecule has 0 radical (unpaired) electrons. The third-order valence-corrected chi connectivity index (χ3v) is 5.61. The quantitative estimate of drug-likeness (QED) is 0.415. The molecule has 0 aliphatic rings. The van der Waals surface area contributed by atoms with Gasteiger partial charge < -0.3 is 4.74 Å². The third-order valence-electron chi connectivity index (χ3n) is 4.14. The number of benzene rings is 1. The Morgan fingerprint density at radius 1 is 1.21 bits per heavy atom. The van der Waals surface area contributed by atoms with Crippen LogP contribution < -0.4 is 4.74 Å². The largest absolute Gasteiger partial charge is 0.488 e. The molecule has 0 aliphatic heterocycles. The molecule has 0 aliphatic carbocycles. The van der Waals surface area contributed by atoms with Gasteiger partial charge in [-0.25, -0.2) is 9.50 Å². The van der Waals surface area contributed by atoms with Crippen LogP contribution >= 0.6 is 11.3 Å². The molecule has 0 fully saturated rings. The molecule has 0 saturated carbocycles. The molecule has 1 unspecified atom stereocenters. The van der Waals surface area contributed by atoms with E-state index in [1.807, 2.05) is 60.2 Å². The van der Waals surface area contributed by atoms with Gasteiger partial charge in [-0.2, -0.15) is 13.5 Å². The van der Waals surface area contributed by atoms with Crippen molar-refractivity contribution in [2.24, 2.45) is 0 Å². The summed E-state index contributed by atoms with van der Waals surface area (Å²) in [5.74, 6) is 0.612. The molecule has 1 atom stereocenters. The van der Waals surface area contributed by atoms with E-state index >= 15 is 0 Å². The average Bonchev–Trinajstić information content (AvgIpc) is 3.35. The molecule has 4 aromatic rings. The van der Waals surface area contributed by atoms with Gasteiger partial charge in [0, 0.05) is 16.6 Å². The Bertz CT molecular complexity index is 1230. The zero-order valence-electron chi connectivity index (χ0n) is 15.8. The Labute approximate surface area is 172 Å². The lowest BCUT2D eigenvalue weighted by atomic mass is 10.1. The summed E-state index contributed by atoms with van der Waals surface area (Å²) in [4.78, 5) is 5.91. The van der Waals surface area contributed by atoms with Crippen molar-refractivity contribution in [1.29, 1.82) is 0 Å². The fourth-order valence-corrected chi connectivity index (χ4v) is 4.02. The average molecular weight is 430 g/mol. The van der Waals surface area contributed by atoms with E-state index in [2.05, 4.69) is 5.10 Å². The molecule has 3 heterocycles. The minimum absolute atomic E-state index is 0.0483. The number of hydrogen-bond acceptors (Lipinski definition) is 7. The number of thiophene rings is 1. The lowest BCUT2D eigenvalue weighted by molar-refractivity contribution is 0.147. The van der Waals surface area contributed by atoms with Gasteiger partial charge in [0.2, 0.25) is 0 Å². The smallest absolute Gasteiger partial charge is 0.264 e. The molecular weight excluding hydrogens is 410 g/mol. The standard InChI is InChI=1S/C20H19N3O4S2/c1-14(13-26-29(2,24)25)27-16-6-3-5-15(11-16)18-8-9-23-20(22-18)17(12-21-23)19-7-4-10-28-19/h3-12,14H,13H2,1-2H3. The molecule has 0 bridgehead atoms. The summed E-state index contributed by atoms with van der Waals surface area (Å²) in [6.07, 6.45) is 4.30. The summed E-state index contributed by atoms with van der Waals surface area (Å²) in [5, 5.41) is 6.41. The van der Waals surface area contributed by atoms with Gasteiger partial charge in [-0.3, -0.25) is 4.18 Å². The predicted molar refractivity (Wildman–Crippen MR) is 113 cm³/mol. The molecule has 0 saturated heterocycles. The number of rotatable bonds is 7. The molecular formula is C20H19N3O4S2. The van der Waals surface area contributed by atoms with Crippen LogP contribution in [0.3, 0.4) is 0 Å². The highest BCUT2D eigenvalue weighted by molar-refractivity contribution is 7.85. The van der Waals surface area contributed by atoms with Crippen molar-refractivity contribution in [2.75, 3.05) is 12.9 Å². The van der Waals surface area contributed by atoms with Crippen LogP contribution in [0, 0.1) is 0 Å². The molecule has 29 heavy (non-hydrogen) atoms. The van der Waals surface area contributed by atoms with E-state index in [1.165, 1.54) is 0 Å². The first-order valence-corrected chi connectivity index (χ1v) is 11.6. The lowest BCUT2D eigenvalue weighted by Crippen LogP contribution is -2.21. The van der Waals surface area contributed by atoms with Crippen molar-refractivity contribution in [1.82, 2.24) is 14.6 Å². The molecule has 0 N–H and O–H groups in total. The number of fused-ring (bicyclic) bond motifs is 1. The third kappa shape index (κ3) is 4.64. The lowest BCUT2D eigenvalue weighted by Gasteiger charge is -2.15. The first-order valence-electron chi connectivity index (χ1n) is 8.89. The molecule has 0 amide bonds. The van der Waals surface area contributed by atoms with Gasteiger partial charge >= 0.3 is 0 Å². The Morgan fingerprint density at radius 3 is 2.83 bits per heavy atom. The van der Waals surface area contributed by atoms with Crippen LogP contribution in [0.5, 0.6) is 5.75 Å². The fourth-order valence-electron chi connectivity index (χ4n) is 2.85. The van der Waals surface area contributed by atoms with Crippen LogP contribution in [-0.4, -0.2) is 42.0 Å². The highest BCUT2D eigenvalue weighted by atomic mass is 32.2. The summed E-state index contributed by atoms with van der Waals surface area (Å²) < 4.78 is 34.6.